The molecular formula is C24H22N2O5S2. The lowest BCUT2D eigenvalue weighted by atomic mass is 9.94. The first-order chi connectivity index (χ1) is 15.7. The molecule has 4 rings (SSSR count). The van der Waals surface area contributed by atoms with Gasteiger partial charge in [-0.25, -0.2) is 13.1 Å². The van der Waals surface area contributed by atoms with Crippen LogP contribution in [0.1, 0.15) is 44.1 Å². The lowest BCUT2D eigenvalue weighted by molar-refractivity contribution is -0.121. The Balaban J connectivity index is 1.68. The summed E-state index contributed by atoms with van der Waals surface area (Å²) in [5.74, 6) is -2.29. The first kappa shape index (κ1) is 23.0. The molecule has 0 bridgehead atoms. The molecule has 7 nitrogen and oxygen atoms in total. The van der Waals surface area contributed by atoms with Crippen molar-refractivity contribution in [3.05, 3.63) is 87.6 Å². The van der Waals surface area contributed by atoms with Crippen molar-refractivity contribution in [3.63, 3.8) is 0 Å². The first-order valence-electron chi connectivity index (χ1n) is 10.3. The van der Waals surface area contributed by atoms with Crippen molar-refractivity contribution in [1.82, 2.24) is 9.62 Å². The number of nitrogens with zero attached hydrogens (tertiary/aromatic N) is 1. The number of ketones is 1. The highest BCUT2D eigenvalue weighted by Crippen LogP contribution is 2.32. The summed E-state index contributed by atoms with van der Waals surface area (Å²) in [7, 11) is -3.98. The summed E-state index contributed by atoms with van der Waals surface area (Å²) >= 11 is 1.29. The summed E-state index contributed by atoms with van der Waals surface area (Å²) in [5.41, 5.74) is 1.46. The number of fused-ring (bicyclic) bond motifs is 1. The van der Waals surface area contributed by atoms with Crippen LogP contribution in [0.4, 0.5) is 0 Å². The molecule has 1 aliphatic heterocycles. The molecule has 33 heavy (non-hydrogen) atoms. The van der Waals surface area contributed by atoms with Crippen molar-refractivity contribution in [2.45, 2.75) is 24.8 Å². The maximum atomic E-state index is 13.2. The molecule has 0 spiro atoms. The van der Waals surface area contributed by atoms with Crippen LogP contribution in [0.5, 0.6) is 0 Å². The van der Waals surface area contributed by atoms with Crippen LogP contribution >= 0.6 is 11.3 Å². The molecule has 0 aliphatic carbocycles. The molecule has 2 unspecified atom stereocenters. The minimum Gasteiger partial charge on any atom is -0.300 e. The van der Waals surface area contributed by atoms with Crippen LogP contribution in [0.3, 0.4) is 0 Å². The molecule has 2 amide bonds. The fraction of sp³-hybridized carbons (Fsp3) is 0.208. The summed E-state index contributed by atoms with van der Waals surface area (Å²) in [5, 5.41) is 1.78. The Morgan fingerprint density at radius 1 is 0.970 bits per heavy atom. The van der Waals surface area contributed by atoms with Crippen LogP contribution in [0, 0.1) is 12.8 Å². The van der Waals surface area contributed by atoms with Gasteiger partial charge in [0.15, 0.2) is 0 Å². The minimum atomic E-state index is -3.98. The Kier molecular flexibility index (Phi) is 6.29. The van der Waals surface area contributed by atoms with Gasteiger partial charge < -0.3 is 0 Å². The molecule has 3 aromatic rings. The second-order valence-corrected chi connectivity index (χ2v) is 10.6. The predicted molar refractivity (Wildman–Crippen MR) is 125 cm³/mol. The van der Waals surface area contributed by atoms with E-state index in [0.717, 1.165) is 10.5 Å². The monoisotopic (exact) mass is 482 g/mol. The number of sulfonamides is 1. The van der Waals surface area contributed by atoms with Crippen molar-refractivity contribution in [2.24, 2.45) is 5.92 Å². The number of nitrogens with one attached hydrogen (secondary N) is 1. The highest BCUT2D eigenvalue weighted by molar-refractivity contribution is 7.89. The number of carbonyl (C=O) groups is 3. The van der Waals surface area contributed by atoms with E-state index in [0.29, 0.717) is 4.88 Å². The van der Waals surface area contributed by atoms with Gasteiger partial charge in [-0.15, -0.1) is 11.3 Å². The summed E-state index contributed by atoms with van der Waals surface area (Å²) < 4.78 is 29.0. The maximum absolute atomic E-state index is 13.2. The van der Waals surface area contributed by atoms with Crippen molar-refractivity contribution in [2.75, 3.05) is 6.54 Å². The average Bonchev–Trinajstić information content (AvgIpc) is 3.39. The first-order valence-corrected chi connectivity index (χ1v) is 12.6. The van der Waals surface area contributed by atoms with Crippen LogP contribution in [0.15, 0.2) is 70.9 Å². The number of amides is 2. The highest BCUT2D eigenvalue weighted by Gasteiger charge is 2.40. The summed E-state index contributed by atoms with van der Waals surface area (Å²) in [6.45, 7) is 2.95. The van der Waals surface area contributed by atoms with Gasteiger partial charge in [-0.05, 0) is 49.6 Å². The quantitative estimate of drug-likeness (QED) is 0.495. The van der Waals surface area contributed by atoms with Crippen LogP contribution in [0.25, 0.3) is 0 Å². The smallest absolute Gasteiger partial charge is 0.261 e. The van der Waals surface area contributed by atoms with Crippen LogP contribution in [0.2, 0.25) is 0 Å². The highest BCUT2D eigenvalue weighted by atomic mass is 32.2. The van der Waals surface area contributed by atoms with E-state index in [4.69, 9.17) is 0 Å². The number of imide groups is 1. The largest absolute Gasteiger partial charge is 0.300 e. The zero-order valence-corrected chi connectivity index (χ0v) is 19.7. The molecule has 1 aliphatic rings. The minimum absolute atomic E-state index is 0.0673. The second-order valence-electron chi connectivity index (χ2n) is 7.91. The zero-order chi connectivity index (χ0) is 23.8. The van der Waals surface area contributed by atoms with E-state index in [1.165, 1.54) is 30.4 Å². The third kappa shape index (κ3) is 4.52. The number of Topliss-reactive ketones (excluding diaryl/α,β-unsaturated/α-hetero) is 1. The van der Waals surface area contributed by atoms with Gasteiger partial charge in [0, 0.05) is 11.4 Å². The molecule has 0 saturated carbocycles. The molecule has 0 fully saturated rings. The van der Waals surface area contributed by atoms with Crippen LogP contribution in [-0.2, 0) is 14.8 Å². The normalized spacial score (nSPS) is 15.4. The summed E-state index contributed by atoms with van der Waals surface area (Å²) in [6, 6.07) is 15.4. The second kappa shape index (κ2) is 9.01. The molecule has 9 heteroatoms. The van der Waals surface area contributed by atoms with Crippen LogP contribution < -0.4 is 4.72 Å². The third-order valence-electron chi connectivity index (χ3n) is 5.65. The fourth-order valence-electron chi connectivity index (χ4n) is 3.83. The van der Waals surface area contributed by atoms with Gasteiger partial charge in [-0.3, -0.25) is 19.3 Å². The van der Waals surface area contributed by atoms with E-state index in [2.05, 4.69) is 4.72 Å². The number of rotatable bonds is 8. The number of carbonyl (C=O) groups excluding carboxylic acids is 3. The number of benzene rings is 2. The maximum Gasteiger partial charge on any atom is 0.261 e. The predicted octanol–water partition coefficient (Wildman–Crippen LogP) is 3.58. The number of hydrogen-bond donors (Lipinski definition) is 1. The molecule has 0 saturated heterocycles. The number of hydrogen-bond acceptors (Lipinski definition) is 6. The van der Waals surface area contributed by atoms with Crippen molar-refractivity contribution in [3.8, 4) is 0 Å². The molecular weight excluding hydrogens is 460 g/mol. The van der Waals surface area contributed by atoms with Gasteiger partial charge >= 0.3 is 0 Å². The lowest BCUT2D eigenvalue weighted by Crippen LogP contribution is -2.43. The molecule has 2 heterocycles. The van der Waals surface area contributed by atoms with Crippen molar-refractivity contribution >= 4 is 39.0 Å². The Hall–Kier alpha value is -3.14. The van der Waals surface area contributed by atoms with Crippen molar-refractivity contribution in [1.29, 1.82) is 0 Å². The summed E-state index contributed by atoms with van der Waals surface area (Å²) in [6.07, 6.45) is 0. The van der Waals surface area contributed by atoms with Crippen molar-refractivity contribution < 1.29 is 22.8 Å². The van der Waals surface area contributed by atoms with Gasteiger partial charge in [0.05, 0.1) is 28.0 Å². The van der Waals surface area contributed by atoms with Gasteiger partial charge in [0.2, 0.25) is 10.0 Å². The SMILES string of the molecule is CC(=O)C(CN1C(=O)c2ccccc2C1=O)C(NS(=O)(=O)c1ccc(C)cc1)c1cccs1. The lowest BCUT2D eigenvalue weighted by Gasteiger charge is -2.28. The van der Waals surface area contributed by atoms with E-state index in [1.807, 2.05) is 6.92 Å². The Labute approximate surface area is 196 Å². The molecule has 0 radical (unpaired) electrons. The Morgan fingerprint density at radius 3 is 2.09 bits per heavy atom. The Morgan fingerprint density at radius 2 is 1.58 bits per heavy atom. The Bertz CT molecular complexity index is 1280. The third-order valence-corrected chi connectivity index (χ3v) is 8.06. The molecule has 2 atom stereocenters. The summed E-state index contributed by atoms with van der Waals surface area (Å²) in [4.78, 5) is 40.2. The van der Waals surface area contributed by atoms with Crippen LogP contribution in [-0.4, -0.2) is 37.5 Å². The van der Waals surface area contributed by atoms with E-state index in [-0.39, 0.29) is 28.4 Å². The van der Waals surface area contributed by atoms with E-state index >= 15 is 0 Å². The van der Waals surface area contributed by atoms with E-state index in [9.17, 15) is 22.8 Å². The van der Waals surface area contributed by atoms with Gasteiger partial charge in [0.25, 0.3) is 11.8 Å². The topological polar surface area (TPSA) is 101 Å². The van der Waals surface area contributed by atoms with E-state index in [1.54, 1.807) is 53.9 Å². The average molecular weight is 483 g/mol. The molecule has 1 N–H and O–H groups in total. The zero-order valence-electron chi connectivity index (χ0n) is 18.0. The molecule has 2 aromatic carbocycles. The van der Waals surface area contributed by atoms with Gasteiger partial charge in [-0.1, -0.05) is 35.9 Å². The number of aryl methyl sites for hydroxylation is 1. The fourth-order valence-corrected chi connectivity index (χ4v) is 6.00. The molecule has 170 valence electrons. The van der Waals surface area contributed by atoms with Gasteiger partial charge in [-0.2, -0.15) is 0 Å². The van der Waals surface area contributed by atoms with Gasteiger partial charge in [0.1, 0.15) is 5.78 Å². The molecule has 1 aromatic heterocycles. The van der Waals surface area contributed by atoms with E-state index < -0.39 is 33.8 Å². The standard InChI is InChI=1S/C24H22N2O5S2/c1-15-9-11-17(12-10-15)33(30,31)25-22(21-8-5-13-32-21)20(16(2)27)14-26-23(28)18-6-3-4-7-19(18)24(26)29/h3-13,20,22,25H,14H2,1-2H3. The number of thiophene rings is 1.